The molecule has 2 aromatic heterocycles. The monoisotopic (exact) mass is 954 g/mol. The number of allylic oxidation sites excluding steroid dienone is 1. The van der Waals surface area contributed by atoms with Crippen molar-refractivity contribution in [3.05, 3.63) is 124 Å². The summed E-state index contributed by atoms with van der Waals surface area (Å²) in [6, 6.07) is 28.3. The maximum Gasteiger partial charge on any atom is 0.340 e. The Balaban J connectivity index is 1.16. The third-order valence-corrected chi connectivity index (χ3v) is 18.0. The zero-order chi connectivity index (χ0) is 46.3. The average molecular weight is 956 g/mol. The Bertz CT molecular complexity index is 2310. The van der Waals surface area contributed by atoms with Gasteiger partial charge in [-0.2, -0.15) is 9.61 Å². The molecule has 0 radical (unpaired) electrons. The quantitative estimate of drug-likeness (QED) is 0.0488. The highest BCUT2D eigenvalue weighted by atomic mass is 79.9. The fourth-order valence-electron chi connectivity index (χ4n) is 8.86. The van der Waals surface area contributed by atoms with Gasteiger partial charge in [0.05, 0.1) is 29.1 Å². The molecule has 3 aromatic carbocycles. The number of hydrogen-bond donors (Lipinski definition) is 0. The van der Waals surface area contributed by atoms with Crippen molar-refractivity contribution < 1.29 is 27.8 Å². The SMILES string of the molecule is CCOC(=O)C(OC(C)(C)C)c1c(C)nc2cc(C=CCc3ccc(F)cc3Br)nn2c1N1CCC(C)(OCCCC[C@@H](C)O[Si](c2ccccc2)(c2ccccc2)C(C)(C)C)CC1. The number of fused-ring (bicyclic) bond motifs is 1. The molecule has 1 saturated heterocycles. The lowest BCUT2D eigenvalue weighted by Crippen LogP contribution is -2.67. The highest BCUT2D eigenvalue weighted by Crippen LogP contribution is 2.40. The van der Waals surface area contributed by atoms with E-state index < -0.39 is 26.0 Å². The highest BCUT2D eigenvalue weighted by molar-refractivity contribution is 9.10. The van der Waals surface area contributed by atoms with E-state index in [9.17, 15) is 9.18 Å². The van der Waals surface area contributed by atoms with E-state index >= 15 is 0 Å². The molecule has 0 bridgehead atoms. The van der Waals surface area contributed by atoms with Crippen LogP contribution in [0, 0.1) is 12.7 Å². The minimum atomic E-state index is -2.63. The van der Waals surface area contributed by atoms with Crippen LogP contribution < -0.4 is 15.3 Å². The molecule has 64 heavy (non-hydrogen) atoms. The largest absolute Gasteiger partial charge is 0.464 e. The van der Waals surface area contributed by atoms with Crippen LogP contribution in [0.1, 0.15) is 123 Å². The molecule has 12 heteroatoms. The molecule has 1 aliphatic heterocycles. The van der Waals surface area contributed by atoms with Crippen LogP contribution in [0.2, 0.25) is 5.04 Å². The van der Waals surface area contributed by atoms with Gasteiger partial charge in [-0.3, -0.25) is 0 Å². The average Bonchev–Trinajstić information content (AvgIpc) is 3.64. The molecule has 0 spiro atoms. The molecule has 3 heterocycles. The van der Waals surface area contributed by atoms with E-state index in [0.29, 0.717) is 53.2 Å². The Labute approximate surface area is 390 Å². The van der Waals surface area contributed by atoms with E-state index in [4.69, 9.17) is 28.7 Å². The molecule has 5 aromatic rings. The van der Waals surface area contributed by atoms with Gasteiger partial charge >= 0.3 is 5.97 Å². The van der Waals surface area contributed by atoms with Crippen molar-refractivity contribution in [3.8, 4) is 0 Å². The Morgan fingerprint density at radius 1 is 0.953 bits per heavy atom. The number of carbonyl (C=O) groups excluding carboxylic acids is 1. The predicted molar refractivity (Wildman–Crippen MR) is 263 cm³/mol. The van der Waals surface area contributed by atoms with Crippen molar-refractivity contribution >= 4 is 58.1 Å². The predicted octanol–water partition coefficient (Wildman–Crippen LogP) is 11.1. The summed E-state index contributed by atoms with van der Waals surface area (Å²) < 4.78 is 42.5. The Morgan fingerprint density at radius 2 is 1.59 bits per heavy atom. The molecule has 0 aliphatic carbocycles. The van der Waals surface area contributed by atoms with Crippen molar-refractivity contribution in [2.24, 2.45) is 0 Å². The summed E-state index contributed by atoms with van der Waals surface area (Å²) >= 11 is 3.48. The fraction of sp³-hybridized carbons (Fsp3) is 0.481. The van der Waals surface area contributed by atoms with Crippen LogP contribution in [0.3, 0.4) is 0 Å². The first-order valence-electron chi connectivity index (χ1n) is 22.9. The van der Waals surface area contributed by atoms with E-state index in [1.807, 2.05) is 50.4 Å². The Hall–Kier alpha value is -4.20. The van der Waals surface area contributed by atoms with Gasteiger partial charge in [0.1, 0.15) is 11.6 Å². The lowest BCUT2D eigenvalue weighted by atomic mass is 9.92. The molecular formula is C52H68BrFN4O5Si. The van der Waals surface area contributed by atoms with Gasteiger partial charge in [0, 0.05) is 42.0 Å². The lowest BCUT2D eigenvalue weighted by molar-refractivity contribution is -0.166. The number of anilines is 1. The maximum atomic E-state index is 13.7. The number of benzene rings is 3. The van der Waals surface area contributed by atoms with Crippen LogP contribution in [0.25, 0.3) is 11.7 Å². The number of ether oxygens (including phenoxy) is 3. The second-order valence-electron chi connectivity index (χ2n) is 19.4. The zero-order valence-corrected chi connectivity index (χ0v) is 42.1. The number of carbonyl (C=O) groups is 1. The van der Waals surface area contributed by atoms with Crippen molar-refractivity contribution in [1.29, 1.82) is 0 Å². The summed E-state index contributed by atoms with van der Waals surface area (Å²) in [7, 11) is -2.63. The van der Waals surface area contributed by atoms with Gasteiger partial charge < -0.3 is 23.5 Å². The summed E-state index contributed by atoms with van der Waals surface area (Å²) in [5.74, 6) is 0.0176. The number of rotatable bonds is 18. The van der Waals surface area contributed by atoms with Crippen LogP contribution in [-0.4, -0.2) is 72.5 Å². The first-order chi connectivity index (χ1) is 30.3. The molecule has 1 aliphatic rings. The van der Waals surface area contributed by atoms with E-state index in [1.54, 1.807) is 13.0 Å². The number of halogens is 2. The molecule has 2 atom stereocenters. The maximum absolute atomic E-state index is 13.7. The van der Waals surface area contributed by atoms with Gasteiger partial charge in [0.25, 0.3) is 8.32 Å². The number of esters is 1. The van der Waals surface area contributed by atoms with Crippen molar-refractivity contribution in [2.75, 3.05) is 31.2 Å². The van der Waals surface area contributed by atoms with Crippen LogP contribution in [0.4, 0.5) is 10.2 Å². The van der Waals surface area contributed by atoms with Crippen LogP contribution in [-0.2, 0) is 29.9 Å². The number of unbranched alkanes of at least 4 members (excludes halogenated alkanes) is 1. The van der Waals surface area contributed by atoms with Gasteiger partial charge in [-0.1, -0.05) is 110 Å². The molecule has 0 saturated carbocycles. The van der Waals surface area contributed by atoms with Gasteiger partial charge in [-0.15, -0.1) is 0 Å². The van der Waals surface area contributed by atoms with Crippen molar-refractivity contribution in [2.45, 2.75) is 136 Å². The van der Waals surface area contributed by atoms with Gasteiger partial charge in [0.15, 0.2) is 11.8 Å². The second kappa shape index (κ2) is 21.0. The number of aryl methyl sites for hydroxylation is 1. The summed E-state index contributed by atoms with van der Waals surface area (Å²) in [5, 5.41) is 7.57. The van der Waals surface area contributed by atoms with E-state index in [2.05, 4.69) is 116 Å². The number of aromatic nitrogens is 3. The van der Waals surface area contributed by atoms with Crippen LogP contribution in [0.5, 0.6) is 0 Å². The number of piperidine rings is 1. The van der Waals surface area contributed by atoms with Gasteiger partial charge in [-0.25, -0.2) is 14.2 Å². The standard InChI is InChI=1S/C52H68BrFN4O5Si/c1-11-60-49(59)47(62-50(4,5)6)46-38(3)55-45-36-41(23-20-22-39-28-29-40(54)35-44(39)53)56-58(45)48(46)57-32-30-52(10,31-33-57)61-34-19-18-21-37(2)63-64(51(7,8)9,42-24-14-12-15-25-42)43-26-16-13-17-27-43/h12-17,20,23-29,35-37,47H,11,18-19,21-22,30-34H2,1-10H3/t37-,47?/m1/s1. The van der Waals surface area contributed by atoms with Crippen molar-refractivity contribution in [3.63, 3.8) is 0 Å². The van der Waals surface area contributed by atoms with Gasteiger partial charge in [-0.05, 0) is 126 Å². The minimum absolute atomic E-state index is 0.0713. The van der Waals surface area contributed by atoms with Gasteiger partial charge in [0.2, 0.25) is 0 Å². The third kappa shape index (κ3) is 11.8. The fourth-order valence-corrected chi connectivity index (χ4v) is 14.1. The molecule has 0 N–H and O–H groups in total. The lowest BCUT2D eigenvalue weighted by Gasteiger charge is -2.44. The number of hydrogen-bond acceptors (Lipinski definition) is 8. The van der Waals surface area contributed by atoms with Crippen LogP contribution in [0.15, 0.2) is 95.5 Å². The summed E-state index contributed by atoms with van der Waals surface area (Å²) in [6.07, 6.45) is 8.06. The zero-order valence-electron chi connectivity index (χ0n) is 39.5. The molecule has 0 amide bonds. The molecule has 344 valence electrons. The smallest absolute Gasteiger partial charge is 0.340 e. The Kier molecular flexibility index (Phi) is 16.1. The number of nitrogens with zero attached hydrogens (tertiary/aromatic N) is 4. The van der Waals surface area contributed by atoms with E-state index in [-0.39, 0.29) is 29.2 Å². The van der Waals surface area contributed by atoms with E-state index in [0.717, 1.165) is 43.5 Å². The molecule has 1 fully saturated rings. The summed E-state index contributed by atoms with van der Waals surface area (Å²) in [5.41, 5.74) is 2.69. The highest BCUT2D eigenvalue weighted by Gasteiger charge is 2.51. The molecule has 9 nitrogen and oxygen atoms in total. The third-order valence-electron chi connectivity index (χ3n) is 12.1. The normalized spacial score (nSPS) is 15.8. The second-order valence-corrected chi connectivity index (χ2v) is 24.5. The summed E-state index contributed by atoms with van der Waals surface area (Å²) in [6.45, 7) is 23.2. The first kappa shape index (κ1) is 49.2. The molecule has 1 unspecified atom stereocenters. The van der Waals surface area contributed by atoms with Crippen LogP contribution >= 0.6 is 15.9 Å². The topological polar surface area (TPSA) is 87.4 Å². The van der Waals surface area contributed by atoms with Crippen molar-refractivity contribution in [1.82, 2.24) is 14.6 Å². The summed E-state index contributed by atoms with van der Waals surface area (Å²) in [4.78, 5) is 21.0. The van der Waals surface area contributed by atoms with E-state index in [1.165, 1.54) is 22.5 Å². The Morgan fingerprint density at radius 3 is 2.17 bits per heavy atom. The first-order valence-corrected chi connectivity index (χ1v) is 25.6. The molecule has 6 rings (SSSR count). The minimum Gasteiger partial charge on any atom is -0.464 e. The molecular weight excluding hydrogens is 888 g/mol.